The van der Waals surface area contributed by atoms with E-state index in [0.29, 0.717) is 0 Å². The molecule has 1 heterocycles. The average molecular weight is 505 g/mol. The average Bonchev–Trinajstić information content (AvgIpc) is 3.37. The molecular formula is C34H36N2O2. The fourth-order valence-corrected chi connectivity index (χ4v) is 6.45. The first-order chi connectivity index (χ1) is 18.6. The van der Waals surface area contributed by atoms with Gasteiger partial charge in [0.2, 0.25) is 0 Å². The Bertz CT molecular complexity index is 1140. The summed E-state index contributed by atoms with van der Waals surface area (Å²) in [5.74, 6) is -0.712. The second kappa shape index (κ2) is 10.1. The first kappa shape index (κ1) is 25.0. The largest absolute Gasteiger partial charge is 0.341 e. The smallest absolute Gasteiger partial charge is 0.169 e. The Kier molecular flexibility index (Phi) is 6.67. The SMILES string of the molecule is NC(c1ccccc1)(c1ccccc1)[C@@H]1OC2(CCCCC2)O[C@H]1C(N)(c1ccccc1)c1ccccc1. The summed E-state index contributed by atoms with van der Waals surface area (Å²) in [7, 11) is 0. The van der Waals surface area contributed by atoms with Crippen LogP contribution in [0.1, 0.15) is 54.4 Å². The van der Waals surface area contributed by atoms with Gasteiger partial charge < -0.3 is 20.9 Å². The Morgan fingerprint density at radius 1 is 0.474 bits per heavy atom. The van der Waals surface area contributed by atoms with Crippen LogP contribution in [0.25, 0.3) is 0 Å². The quantitative estimate of drug-likeness (QED) is 0.326. The zero-order valence-electron chi connectivity index (χ0n) is 21.7. The van der Waals surface area contributed by atoms with Gasteiger partial charge in [-0.2, -0.15) is 0 Å². The highest BCUT2D eigenvalue weighted by Gasteiger charge is 2.61. The third-order valence-electron chi connectivity index (χ3n) is 8.48. The molecule has 4 aromatic carbocycles. The van der Waals surface area contributed by atoms with Crippen LogP contribution in [0.3, 0.4) is 0 Å². The Labute approximate surface area is 225 Å². The molecule has 4 heteroatoms. The molecule has 1 spiro atoms. The number of hydrogen-bond acceptors (Lipinski definition) is 4. The van der Waals surface area contributed by atoms with Gasteiger partial charge in [-0.1, -0.05) is 128 Å². The van der Waals surface area contributed by atoms with E-state index in [1.807, 2.05) is 72.8 Å². The lowest BCUT2D eigenvalue weighted by molar-refractivity contribution is -0.200. The lowest BCUT2D eigenvalue weighted by Crippen LogP contribution is -2.61. The minimum absolute atomic E-state index is 0.546. The van der Waals surface area contributed by atoms with Gasteiger partial charge in [-0.05, 0) is 35.1 Å². The van der Waals surface area contributed by atoms with Crippen LogP contribution in [-0.2, 0) is 20.6 Å². The van der Waals surface area contributed by atoms with Crippen molar-refractivity contribution in [1.82, 2.24) is 0 Å². The zero-order chi connectivity index (χ0) is 26.1. The Morgan fingerprint density at radius 3 is 1.05 bits per heavy atom. The molecule has 1 aliphatic heterocycles. The fraction of sp³-hybridized carbons (Fsp3) is 0.294. The van der Waals surface area contributed by atoms with E-state index in [9.17, 15) is 0 Å². The maximum absolute atomic E-state index is 7.62. The Morgan fingerprint density at radius 2 is 0.763 bits per heavy atom. The van der Waals surface area contributed by atoms with Gasteiger partial charge in [0.1, 0.15) is 12.2 Å². The third-order valence-corrected chi connectivity index (χ3v) is 8.48. The van der Waals surface area contributed by atoms with Gasteiger partial charge in [0.25, 0.3) is 0 Å². The third kappa shape index (κ3) is 4.18. The van der Waals surface area contributed by atoms with Crippen molar-refractivity contribution in [1.29, 1.82) is 0 Å². The molecule has 4 N–H and O–H groups in total. The fourth-order valence-electron chi connectivity index (χ4n) is 6.45. The topological polar surface area (TPSA) is 70.5 Å². The monoisotopic (exact) mass is 504 g/mol. The standard InChI is InChI=1S/C34H36N2O2/c35-33(26-16-6-1-7-17-26,27-18-8-2-9-19-27)30-31(38-32(37-30)24-14-5-15-25-32)34(36,28-20-10-3-11-21-28)29-22-12-4-13-23-29/h1-4,6-13,16-23,30-31H,5,14-15,24-25,35-36H2/t30-,31-/m1/s1. The van der Waals surface area contributed by atoms with Crippen LogP contribution in [-0.4, -0.2) is 18.0 Å². The van der Waals surface area contributed by atoms with Gasteiger partial charge in [0, 0.05) is 12.8 Å². The minimum atomic E-state index is -0.998. The number of rotatable bonds is 6. The van der Waals surface area contributed by atoms with Gasteiger partial charge in [-0.15, -0.1) is 0 Å². The van der Waals surface area contributed by atoms with E-state index in [1.165, 1.54) is 6.42 Å². The van der Waals surface area contributed by atoms with Crippen LogP contribution < -0.4 is 11.5 Å². The molecule has 1 aliphatic carbocycles. The van der Waals surface area contributed by atoms with Crippen molar-refractivity contribution in [3.63, 3.8) is 0 Å². The summed E-state index contributed by atoms with van der Waals surface area (Å²) in [6.07, 6.45) is 3.87. The van der Waals surface area contributed by atoms with E-state index in [2.05, 4.69) is 48.5 Å². The first-order valence-corrected chi connectivity index (χ1v) is 13.7. The van der Waals surface area contributed by atoms with E-state index in [-0.39, 0.29) is 0 Å². The number of nitrogens with two attached hydrogens (primary N) is 2. The maximum Gasteiger partial charge on any atom is 0.169 e. The second-order valence-corrected chi connectivity index (χ2v) is 10.8. The van der Waals surface area contributed by atoms with Gasteiger partial charge in [-0.3, -0.25) is 0 Å². The Balaban J connectivity index is 1.59. The van der Waals surface area contributed by atoms with Crippen molar-refractivity contribution in [2.45, 2.75) is 61.2 Å². The molecule has 4 aromatic rings. The van der Waals surface area contributed by atoms with E-state index in [1.54, 1.807) is 0 Å². The second-order valence-electron chi connectivity index (χ2n) is 10.8. The predicted molar refractivity (Wildman–Crippen MR) is 151 cm³/mol. The molecule has 2 fully saturated rings. The minimum Gasteiger partial charge on any atom is -0.341 e. The van der Waals surface area contributed by atoms with Crippen molar-refractivity contribution in [3.05, 3.63) is 144 Å². The first-order valence-electron chi connectivity index (χ1n) is 13.7. The molecule has 0 amide bonds. The summed E-state index contributed by atoms with van der Waals surface area (Å²) in [5, 5.41) is 0. The van der Waals surface area contributed by atoms with Crippen LogP contribution in [0, 0.1) is 0 Å². The number of hydrogen-bond donors (Lipinski definition) is 2. The summed E-state index contributed by atoms with van der Waals surface area (Å²) < 4.78 is 14.3. The van der Waals surface area contributed by atoms with Gasteiger partial charge in [0.05, 0.1) is 11.1 Å². The summed E-state index contributed by atoms with van der Waals surface area (Å²) in [5.41, 5.74) is 17.1. The molecule has 0 radical (unpaired) electrons. The number of ether oxygens (including phenoxy) is 2. The lowest BCUT2D eigenvalue weighted by atomic mass is 9.69. The molecule has 1 saturated carbocycles. The van der Waals surface area contributed by atoms with E-state index in [0.717, 1.165) is 47.9 Å². The van der Waals surface area contributed by atoms with Gasteiger partial charge in [-0.25, -0.2) is 0 Å². The molecule has 0 unspecified atom stereocenters. The van der Waals surface area contributed by atoms with Gasteiger partial charge in [0.15, 0.2) is 5.79 Å². The van der Waals surface area contributed by atoms with Crippen LogP contribution in [0.2, 0.25) is 0 Å². The summed E-state index contributed by atoms with van der Waals surface area (Å²) in [4.78, 5) is 0. The molecule has 0 aromatic heterocycles. The molecule has 38 heavy (non-hydrogen) atoms. The van der Waals surface area contributed by atoms with E-state index < -0.39 is 29.1 Å². The molecule has 1 saturated heterocycles. The van der Waals surface area contributed by atoms with Gasteiger partial charge >= 0.3 is 0 Å². The van der Waals surface area contributed by atoms with E-state index >= 15 is 0 Å². The summed E-state index contributed by atoms with van der Waals surface area (Å²) in [6, 6.07) is 41.0. The van der Waals surface area contributed by atoms with Crippen molar-refractivity contribution in [2.24, 2.45) is 11.5 Å². The lowest BCUT2D eigenvalue weighted by Gasteiger charge is -2.44. The van der Waals surface area contributed by atoms with Crippen LogP contribution in [0.4, 0.5) is 0 Å². The van der Waals surface area contributed by atoms with Crippen LogP contribution >= 0.6 is 0 Å². The Hall–Kier alpha value is -3.28. The molecule has 4 nitrogen and oxygen atoms in total. The highest BCUT2D eigenvalue weighted by Crippen LogP contribution is 2.52. The zero-order valence-corrected chi connectivity index (χ0v) is 21.7. The highest BCUT2D eigenvalue weighted by molar-refractivity contribution is 5.45. The molecule has 2 aliphatic rings. The molecule has 6 rings (SSSR count). The van der Waals surface area contributed by atoms with Crippen LogP contribution in [0.5, 0.6) is 0 Å². The predicted octanol–water partition coefficient (Wildman–Crippen LogP) is 6.24. The molecule has 2 atom stereocenters. The summed E-state index contributed by atoms with van der Waals surface area (Å²) in [6.45, 7) is 0. The van der Waals surface area contributed by atoms with Crippen molar-refractivity contribution in [3.8, 4) is 0 Å². The summed E-state index contributed by atoms with van der Waals surface area (Å²) >= 11 is 0. The maximum atomic E-state index is 7.62. The van der Waals surface area contributed by atoms with Crippen LogP contribution in [0.15, 0.2) is 121 Å². The number of benzene rings is 4. The van der Waals surface area contributed by atoms with Crippen molar-refractivity contribution < 1.29 is 9.47 Å². The molecule has 194 valence electrons. The highest BCUT2D eigenvalue weighted by atomic mass is 16.8. The van der Waals surface area contributed by atoms with E-state index in [4.69, 9.17) is 20.9 Å². The molecular weight excluding hydrogens is 468 g/mol. The van der Waals surface area contributed by atoms with Crippen molar-refractivity contribution >= 4 is 0 Å². The van der Waals surface area contributed by atoms with Crippen molar-refractivity contribution in [2.75, 3.05) is 0 Å². The molecule has 0 bridgehead atoms. The normalized spacial score (nSPS) is 21.4.